The van der Waals surface area contributed by atoms with E-state index >= 15 is 0 Å². The summed E-state index contributed by atoms with van der Waals surface area (Å²) in [6.07, 6.45) is 5.30. The van der Waals surface area contributed by atoms with Gasteiger partial charge in [0.05, 0.1) is 12.1 Å². The predicted octanol–water partition coefficient (Wildman–Crippen LogP) is 2.68. The van der Waals surface area contributed by atoms with Crippen molar-refractivity contribution in [3.8, 4) is 0 Å². The average Bonchev–Trinajstić information content (AvgIpc) is 2.46. The highest BCUT2D eigenvalue weighted by atomic mass is 16.3. The lowest BCUT2D eigenvalue weighted by atomic mass is 9.76. The lowest BCUT2D eigenvalue weighted by molar-refractivity contribution is -0.124. The minimum atomic E-state index is -0.383. The summed E-state index contributed by atoms with van der Waals surface area (Å²) in [5.74, 6) is 0.627. The second-order valence-electron chi connectivity index (χ2n) is 6.17. The summed E-state index contributed by atoms with van der Waals surface area (Å²) in [7, 11) is 0. The Bertz CT molecular complexity index is 432. The molecule has 0 radical (unpaired) electrons. The minimum Gasteiger partial charge on any atom is -0.394 e. The lowest BCUT2D eigenvalue weighted by Crippen LogP contribution is -2.53. The number of aryl methyl sites for hydroxylation is 1. The standard InChI is InChI=1S/C17H25NO2/c1-14-6-5-11-17(12-14,13-19)18-16(20)10-9-15-7-3-2-4-8-15/h2-4,7-8,14,19H,5-6,9-13H2,1H3,(H,18,20). The predicted molar refractivity (Wildman–Crippen MR) is 80.4 cm³/mol. The first-order valence-corrected chi connectivity index (χ1v) is 7.59. The molecule has 2 rings (SSSR count). The van der Waals surface area contributed by atoms with Gasteiger partial charge in [-0.1, -0.05) is 50.1 Å². The number of amides is 1. The number of hydrogen-bond donors (Lipinski definition) is 2. The van der Waals surface area contributed by atoms with Gasteiger partial charge in [0.25, 0.3) is 0 Å². The molecule has 1 aromatic rings. The molecule has 1 amide bonds. The first kappa shape index (κ1) is 15.0. The Morgan fingerprint density at radius 3 is 2.80 bits per heavy atom. The van der Waals surface area contributed by atoms with Crippen molar-refractivity contribution in [2.75, 3.05) is 6.61 Å². The Morgan fingerprint density at radius 2 is 2.15 bits per heavy atom. The molecule has 0 saturated heterocycles. The van der Waals surface area contributed by atoms with E-state index in [1.807, 2.05) is 30.3 Å². The molecule has 1 aromatic carbocycles. The third kappa shape index (κ3) is 4.07. The molecule has 0 aliphatic heterocycles. The topological polar surface area (TPSA) is 49.3 Å². The molecule has 1 aliphatic carbocycles. The summed E-state index contributed by atoms with van der Waals surface area (Å²) >= 11 is 0. The number of benzene rings is 1. The molecule has 110 valence electrons. The average molecular weight is 275 g/mol. The van der Waals surface area contributed by atoms with E-state index in [0.717, 1.165) is 25.7 Å². The summed E-state index contributed by atoms with van der Waals surface area (Å²) in [6, 6.07) is 10.0. The van der Waals surface area contributed by atoms with Gasteiger partial charge in [-0.15, -0.1) is 0 Å². The molecule has 0 bridgehead atoms. The Hall–Kier alpha value is -1.35. The highest BCUT2D eigenvalue weighted by molar-refractivity contribution is 5.77. The largest absolute Gasteiger partial charge is 0.394 e. The summed E-state index contributed by atoms with van der Waals surface area (Å²) in [6.45, 7) is 2.24. The van der Waals surface area contributed by atoms with Crippen molar-refractivity contribution in [2.24, 2.45) is 5.92 Å². The van der Waals surface area contributed by atoms with Crippen LogP contribution in [0.1, 0.15) is 44.6 Å². The van der Waals surface area contributed by atoms with Crippen LogP contribution in [-0.4, -0.2) is 23.2 Å². The van der Waals surface area contributed by atoms with Gasteiger partial charge in [-0.05, 0) is 30.7 Å². The van der Waals surface area contributed by atoms with Crippen LogP contribution in [0.5, 0.6) is 0 Å². The van der Waals surface area contributed by atoms with Crippen LogP contribution in [-0.2, 0) is 11.2 Å². The highest BCUT2D eigenvalue weighted by Crippen LogP contribution is 2.32. The van der Waals surface area contributed by atoms with E-state index in [4.69, 9.17) is 0 Å². The molecular weight excluding hydrogens is 250 g/mol. The smallest absolute Gasteiger partial charge is 0.220 e. The van der Waals surface area contributed by atoms with Crippen LogP contribution in [0.4, 0.5) is 0 Å². The van der Waals surface area contributed by atoms with Gasteiger partial charge in [0, 0.05) is 6.42 Å². The number of aliphatic hydroxyl groups excluding tert-OH is 1. The fourth-order valence-corrected chi connectivity index (χ4v) is 3.22. The van der Waals surface area contributed by atoms with Crippen LogP contribution in [0, 0.1) is 5.92 Å². The zero-order chi connectivity index (χ0) is 14.4. The van der Waals surface area contributed by atoms with Crippen molar-refractivity contribution >= 4 is 5.91 Å². The first-order chi connectivity index (χ1) is 9.63. The number of carbonyl (C=O) groups excluding carboxylic acids is 1. The number of hydrogen-bond acceptors (Lipinski definition) is 2. The van der Waals surface area contributed by atoms with Crippen molar-refractivity contribution in [1.29, 1.82) is 0 Å². The van der Waals surface area contributed by atoms with Crippen LogP contribution in [0.2, 0.25) is 0 Å². The Kier molecular flexibility index (Phi) is 5.18. The molecular formula is C17H25NO2. The molecule has 0 heterocycles. The third-order valence-electron chi connectivity index (χ3n) is 4.28. The molecule has 0 aromatic heterocycles. The number of rotatable bonds is 5. The summed E-state index contributed by atoms with van der Waals surface area (Å²) in [4.78, 5) is 12.1. The van der Waals surface area contributed by atoms with Gasteiger partial charge >= 0.3 is 0 Å². The SMILES string of the molecule is CC1CCCC(CO)(NC(=O)CCc2ccccc2)C1. The van der Waals surface area contributed by atoms with Gasteiger partial charge in [-0.3, -0.25) is 4.79 Å². The monoisotopic (exact) mass is 275 g/mol. The first-order valence-electron chi connectivity index (χ1n) is 7.59. The Labute approximate surface area is 121 Å². The quantitative estimate of drug-likeness (QED) is 0.868. The van der Waals surface area contributed by atoms with E-state index < -0.39 is 0 Å². The van der Waals surface area contributed by atoms with E-state index in [9.17, 15) is 9.90 Å². The molecule has 1 aliphatic rings. The van der Waals surface area contributed by atoms with E-state index in [1.165, 1.54) is 12.0 Å². The second-order valence-corrected chi connectivity index (χ2v) is 6.17. The maximum atomic E-state index is 12.1. The van der Waals surface area contributed by atoms with Gasteiger partial charge < -0.3 is 10.4 Å². The minimum absolute atomic E-state index is 0.0500. The third-order valence-corrected chi connectivity index (χ3v) is 4.28. The van der Waals surface area contributed by atoms with Gasteiger partial charge in [0.2, 0.25) is 5.91 Å². The van der Waals surface area contributed by atoms with E-state index in [2.05, 4.69) is 12.2 Å². The number of carbonyl (C=O) groups is 1. The van der Waals surface area contributed by atoms with Gasteiger partial charge in [-0.2, -0.15) is 0 Å². The maximum Gasteiger partial charge on any atom is 0.220 e. The van der Waals surface area contributed by atoms with Crippen LogP contribution in [0.15, 0.2) is 30.3 Å². The van der Waals surface area contributed by atoms with Crippen LogP contribution < -0.4 is 5.32 Å². The zero-order valence-electron chi connectivity index (χ0n) is 12.3. The fourth-order valence-electron chi connectivity index (χ4n) is 3.22. The van der Waals surface area contributed by atoms with E-state index in [0.29, 0.717) is 12.3 Å². The molecule has 1 saturated carbocycles. The van der Waals surface area contributed by atoms with Crippen molar-refractivity contribution in [2.45, 2.75) is 51.0 Å². The van der Waals surface area contributed by atoms with Gasteiger partial charge in [0.1, 0.15) is 0 Å². The zero-order valence-corrected chi connectivity index (χ0v) is 12.3. The summed E-state index contributed by atoms with van der Waals surface area (Å²) in [5.41, 5.74) is 0.795. The molecule has 2 unspecified atom stereocenters. The summed E-state index contributed by atoms with van der Waals surface area (Å²) in [5, 5.41) is 12.8. The molecule has 0 spiro atoms. The van der Waals surface area contributed by atoms with Gasteiger partial charge in [0.15, 0.2) is 0 Å². The molecule has 1 fully saturated rings. The van der Waals surface area contributed by atoms with Gasteiger partial charge in [-0.25, -0.2) is 0 Å². The molecule has 20 heavy (non-hydrogen) atoms. The molecule has 2 N–H and O–H groups in total. The number of aliphatic hydroxyl groups is 1. The summed E-state index contributed by atoms with van der Waals surface area (Å²) < 4.78 is 0. The van der Waals surface area contributed by atoms with E-state index in [-0.39, 0.29) is 18.1 Å². The molecule has 2 atom stereocenters. The van der Waals surface area contributed by atoms with Crippen LogP contribution >= 0.6 is 0 Å². The van der Waals surface area contributed by atoms with Crippen molar-refractivity contribution in [1.82, 2.24) is 5.32 Å². The van der Waals surface area contributed by atoms with Crippen molar-refractivity contribution in [3.05, 3.63) is 35.9 Å². The maximum absolute atomic E-state index is 12.1. The lowest BCUT2D eigenvalue weighted by Gasteiger charge is -2.39. The fraction of sp³-hybridized carbons (Fsp3) is 0.588. The van der Waals surface area contributed by atoms with Crippen LogP contribution in [0.25, 0.3) is 0 Å². The normalized spacial score (nSPS) is 26.2. The molecule has 3 heteroatoms. The number of nitrogens with one attached hydrogen (secondary N) is 1. The molecule has 3 nitrogen and oxygen atoms in total. The van der Waals surface area contributed by atoms with Crippen LogP contribution in [0.3, 0.4) is 0 Å². The Balaban J connectivity index is 1.86. The van der Waals surface area contributed by atoms with Crippen molar-refractivity contribution in [3.63, 3.8) is 0 Å². The van der Waals surface area contributed by atoms with E-state index in [1.54, 1.807) is 0 Å². The second kappa shape index (κ2) is 6.89. The van der Waals surface area contributed by atoms with Crippen molar-refractivity contribution < 1.29 is 9.90 Å². The highest BCUT2D eigenvalue weighted by Gasteiger charge is 2.35. The Morgan fingerprint density at radius 1 is 1.40 bits per heavy atom.